The molecule has 1 heterocycles. The summed E-state index contributed by atoms with van der Waals surface area (Å²) in [6.45, 7) is 1.96. The molecule has 0 radical (unpaired) electrons. The molecule has 6 nitrogen and oxygen atoms in total. The third-order valence-electron chi connectivity index (χ3n) is 4.00. The van der Waals surface area contributed by atoms with Crippen LogP contribution in [0.1, 0.15) is 5.56 Å². The van der Waals surface area contributed by atoms with Gasteiger partial charge in [-0.1, -0.05) is 30.0 Å². The standard InChI is InChI=1S/C21H21N3O3S/c1-14-8-10-19(27-3)17(12-14)22-20(25)13-28-21-11-9-16(23-24-21)15-6-4-5-7-18(15)26-2/h4-12H,13H2,1-3H3,(H,22,25). The Morgan fingerprint density at radius 3 is 2.50 bits per heavy atom. The third-order valence-corrected chi connectivity index (χ3v) is 4.92. The third kappa shape index (κ3) is 4.80. The van der Waals surface area contributed by atoms with Crippen LogP contribution in [0.15, 0.2) is 59.6 Å². The van der Waals surface area contributed by atoms with Crippen molar-refractivity contribution in [2.75, 3.05) is 25.3 Å². The van der Waals surface area contributed by atoms with Crippen LogP contribution in [0, 0.1) is 6.92 Å². The first-order valence-electron chi connectivity index (χ1n) is 8.65. The number of methoxy groups -OCH3 is 2. The Labute approximate surface area is 168 Å². The second-order valence-corrected chi connectivity index (χ2v) is 6.99. The molecule has 7 heteroatoms. The Morgan fingerprint density at radius 2 is 1.79 bits per heavy atom. The number of hydrogen-bond donors (Lipinski definition) is 1. The van der Waals surface area contributed by atoms with E-state index in [1.165, 1.54) is 11.8 Å². The van der Waals surface area contributed by atoms with Gasteiger partial charge in [-0.25, -0.2) is 0 Å². The molecule has 0 aliphatic rings. The van der Waals surface area contributed by atoms with E-state index in [0.29, 0.717) is 16.5 Å². The predicted octanol–water partition coefficient (Wildman–Crippen LogP) is 4.20. The van der Waals surface area contributed by atoms with Gasteiger partial charge in [-0.05, 0) is 48.9 Å². The van der Waals surface area contributed by atoms with Crippen molar-refractivity contribution in [1.82, 2.24) is 10.2 Å². The first-order chi connectivity index (χ1) is 13.6. The molecule has 0 aliphatic heterocycles. The molecule has 1 N–H and O–H groups in total. The van der Waals surface area contributed by atoms with Crippen LogP contribution in [0.5, 0.6) is 11.5 Å². The van der Waals surface area contributed by atoms with Crippen molar-refractivity contribution in [2.24, 2.45) is 0 Å². The number of amides is 1. The number of aryl methyl sites for hydroxylation is 1. The van der Waals surface area contributed by atoms with Gasteiger partial charge in [0.25, 0.3) is 0 Å². The van der Waals surface area contributed by atoms with Crippen molar-refractivity contribution >= 4 is 23.4 Å². The molecule has 3 aromatic rings. The van der Waals surface area contributed by atoms with E-state index < -0.39 is 0 Å². The summed E-state index contributed by atoms with van der Waals surface area (Å²) in [6.07, 6.45) is 0. The lowest BCUT2D eigenvalue weighted by atomic mass is 10.1. The normalized spacial score (nSPS) is 10.4. The van der Waals surface area contributed by atoms with Gasteiger partial charge in [-0.2, -0.15) is 0 Å². The molecular formula is C21H21N3O3S. The van der Waals surface area contributed by atoms with Crippen molar-refractivity contribution in [3.63, 3.8) is 0 Å². The van der Waals surface area contributed by atoms with Gasteiger partial charge >= 0.3 is 0 Å². The molecule has 0 fully saturated rings. The number of rotatable bonds is 7. The minimum atomic E-state index is -0.135. The zero-order valence-electron chi connectivity index (χ0n) is 15.9. The Morgan fingerprint density at radius 1 is 1.00 bits per heavy atom. The highest BCUT2D eigenvalue weighted by Gasteiger charge is 2.11. The van der Waals surface area contributed by atoms with Crippen LogP contribution in [0.2, 0.25) is 0 Å². The lowest BCUT2D eigenvalue weighted by Crippen LogP contribution is -2.15. The lowest BCUT2D eigenvalue weighted by molar-refractivity contribution is -0.113. The highest BCUT2D eigenvalue weighted by molar-refractivity contribution is 7.99. The highest BCUT2D eigenvalue weighted by atomic mass is 32.2. The molecule has 2 aromatic carbocycles. The number of hydrogen-bond acceptors (Lipinski definition) is 6. The topological polar surface area (TPSA) is 73.3 Å². The minimum Gasteiger partial charge on any atom is -0.496 e. The number of ether oxygens (including phenoxy) is 2. The number of carbonyl (C=O) groups excluding carboxylic acids is 1. The second kappa shape index (κ2) is 9.23. The SMILES string of the molecule is COc1ccc(C)cc1NC(=O)CSc1ccc(-c2ccccc2OC)nn1. The van der Waals surface area contributed by atoms with Crippen LogP contribution < -0.4 is 14.8 Å². The molecule has 0 saturated carbocycles. The molecule has 0 saturated heterocycles. The maximum absolute atomic E-state index is 12.3. The van der Waals surface area contributed by atoms with E-state index >= 15 is 0 Å². The van der Waals surface area contributed by atoms with E-state index in [1.54, 1.807) is 14.2 Å². The number of para-hydroxylation sites is 1. The van der Waals surface area contributed by atoms with Crippen molar-refractivity contribution in [1.29, 1.82) is 0 Å². The van der Waals surface area contributed by atoms with Gasteiger partial charge in [0, 0.05) is 5.56 Å². The summed E-state index contributed by atoms with van der Waals surface area (Å²) in [6, 6.07) is 17.0. The smallest absolute Gasteiger partial charge is 0.234 e. The Bertz CT molecular complexity index is 961. The van der Waals surface area contributed by atoms with Crippen molar-refractivity contribution in [3.05, 3.63) is 60.2 Å². The van der Waals surface area contributed by atoms with Crippen LogP contribution in [0.4, 0.5) is 5.69 Å². The zero-order valence-corrected chi connectivity index (χ0v) is 16.7. The van der Waals surface area contributed by atoms with Crippen LogP contribution in [-0.2, 0) is 4.79 Å². The highest BCUT2D eigenvalue weighted by Crippen LogP contribution is 2.29. The van der Waals surface area contributed by atoms with Gasteiger partial charge in [0.05, 0.1) is 31.4 Å². The number of anilines is 1. The second-order valence-electron chi connectivity index (χ2n) is 6.00. The van der Waals surface area contributed by atoms with Gasteiger partial charge in [-0.15, -0.1) is 10.2 Å². The fourth-order valence-electron chi connectivity index (χ4n) is 2.64. The van der Waals surface area contributed by atoms with Crippen molar-refractivity contribution < 1.29 is 14.3 Å². The maximum Gasteiger partial charge on any atom is 0.234 e. The molecule has 28 heavy (non-hydrogen) atoms. The Kier molecular flexibility index (Phi) is 6.49. The van der Waals surface area contributed by atoms with Crippen LogP contribution in [0.25, 0.3) is 11.3 Å². The molecule has 0 bridgehead atoms. The molecule has 1 aromatic heterocycles. The van der Waals surface area contributed by atoms with Crippen LogP contribution in [-0.4, -0.2) is 36.1 Å². The van der Waals surface area contributed by atoms with Gasteiger partial charge in [-0.3, -0.25) is 4.79 Å². The van der Waals surface area contributed by atoms with Gasteiger partial charge < -0.3 is 14.8 Å². The first-order valence-corrected chi connectivity index (χ1v) is 9.63. The van der Waals surface area contributed by atoms with Gasteiger partial charge in [0.2, 0.25) is 5.91 Å². The summed E-state index contributed by atoms with van der Waals surface area (Å²) >= 11 is 1.32. The lowest BCUT2D eigenvalue weighted by Gasteiger charge is -2.11. The summed E-state index contributed by atoms with van der Waals surface area (Å²) < 4.78 is 10.6. The molecule has 144 valence electrons. The number of nitrogens with one attached hydrogen (secondary N) is 1. The minimum absolute atomic E-state index is 0.135. The summed E-state index contributed by atoms with van der Waals surface area (Å²) in [5, 5.41) is 12.0. The van der Waals surface area contributed by atoms with E-state index in [2.05, 4.69) is 15.5 Å². The van der Waals surface area contributed by atoms with E-state index in [-0.39, 0.29) is 11.7 Å². The van der Waals surface area contributed by atoms with Crippen LogP contribution >= 0.6 is 11.8 Å². The maximum atomic E-state index is 12.3. The van der Waals surface area contributed by atoms with Gasteiger partial charge in [0.1, 0.15) is 16.5 Å². The van der Waals surface area contributed by atoms with E-state index in [9.17, 15) is 4.79 Å². The molecule has 3 rings (SSSR count). The van der Waals surface area contributed by atoms with Crippen molar-refractivity contribution in [2.45, 2.75) is 11.9 Å². The number of thioether (sulfide) groups is 1. The quantitative estimate of drug-likeness (QED) is 0.605. The summed E-state index contributed by atoms with van der Waals surface area (Å²) in [7, 11) is 3.20. The molecule has 1 amide bonds. The molecule has 0 spiro atoms. The molecule has 0 atom stereocenters. The fraction of sp³-hybridized carbons (Fsp3) is 0.190. The zero-order chi connectivity index (χ0) is 19.9. The number of carbonyl (C=O) groups is 1. The average Bonchev–Trinajstić information content (AvgIpc) is 2.73. The predicted molar refractivity (Wildman–Crippen MR) is 111 cm³/mol. The number of nitrogens with zero attached hydrogens (tertiary/aromatic N) is 2. The van der Waals surface area contributed by atoms with E-state index in [1.807, 2.05) is 61.5 Å². The average molecular weight is 395 g/mol. The molecule has 0 unspecified atom stereocenters. The Balaban J connectivity index is 1.62. The van der Waals surface area contributed by atoms with Crippen molar-refractivity contribution in [3.8, 4) is 22.8 Å². The van der Waals surface area contributed by atoms with E-state index in [0.717, 1.165) is 22.6 Å². The summed E-state index contributed by atoms with van der Waals surface area (Å²) in [5.74, 6) is 1.46. The first kappa shape index (κ1) is 19.7. The summed E-state index contributed by atoms with van der Waals surface area (Å²) in [4.78, 5) is 12.3. The van der Waals surface area contributed by atoms with Gasteiger partial charge in [0.15, 0.2) is 0 Å². The Hall–Kier alpha value is -3.06. The largest absolute Gasteiger partial charge is 0.496 e. The number of benzene rings is 2. The fourth-order valence-corrected chi connectivity index (χ4v) is 3.26. The molecule has 0 aliphatic carbocycles. The monoisotopic (exact) mass is 395 g/mol. The number of aromatic nitrogens is 2. The van der Waals surface area contributed by atoms with Crippen LogP contribution in [0.3, 0.4) is 0 Å². The van der Waals surface area contributed by atoms with E-state index in [4.69, 9.17) is 9.47 Å². The summed E-state index contributed by atoms with van der Waals surface area (Å²) in [5.41, 5.74) is 3.29. The molecular weight excluding hydrogens is 374 g/mol.